The van der Waals surface area contributed by atoms with Crippen LogP contribution in [0.25, 0.3) is 11.5 Å². The van der Waals surface area contributed by atoms with Crippen LogP contribution in [0.1, 0.15) is 17.7 Å². The molecule has 0 fully saturated rings. The smallest absolute Gasteiger partial charge is 0.251 e. The molecule has 0 aliphatic heterocycles. The normalized spacial score (nSPS) is 11.6. The lowest BCUT2D eigenvalue weighted by molar-refractivity contribution is 0.413. The second-order valence-corrected chi connectivity index (χ2v) is 8.59. The van der Waals surface area contributed by atoms with Gasteiger partial charge < -0.3 is 9.15 Å². The summed E-state index contributed by atoms with van der Waals surface area (Å²) in [4.78, 5) is 1.03. The number of nitrogens with one attached hydrogen (secondary N) is 1. The Morgan fingerprint density at radius 3 is 2.73 bits per heavy atom. The van der Waals surface area contributed by atoms with Gasteiger partial charge in [0.15, 0.2) is 0 Å². The maximum absolute atomic E-state index is 12.3. The van der Waals surface area contributed by atoms with Crippen LogP contribution in [0.3, 0.4) is 0 Å². The Hall–Kier alpha value is -2.23. The summed E-state index contributed by atoms with van der Waals surface area (Å²) in [7, 11) is -1.95. The number of hydrogen-bond donors (Lipinski definition) is 1. The molecule has 2 heterocycles. The molecule has 0 atom stereocenters. The Balaban J connectivity index is 1.63. The molecule has 0 aliphatic carbocycles. The first kappa shape index (κ1) is 18.6. The zero-order chi connectivity index (χ0) is 18.6. The predicted molar refractivity (Wildman–Crippen MR) is 98.9 cm³/mol. The van der Waals surface area contributed by atoms with E-state index >= 15 is 0 Å². The highest BCUT2D eigenvalue weighted by Crippen LogP contribution is 2.28. The van der Waals surface area contributed by atoms with Crippen molar-refractivity contribution in [3.63, 3.8) is 0 Å². The van der Waals surface area contributed by atoms with Crippen molar-refractivity contribution >= 4 is 21.4 Å². The lowest BCUT2D eigenvalue weighted by Gasteiger charge is -2.04. The molecule has 9 heteroatoms. The topological polar surface area (TPSA) is 94.3 Å². The van der Waals surface area contributed by atoms with Crippen molar-refractivity contribution in [3.8, 4) is 17.2 Å². The van der Waals surface area contributed by atoms with Crippen molar-refractivity contribution in [3.05, 3.63) is 47.2 Å². The summed E-state index contributed by atoms with van der Waals surface area (Å²) < 4.78 is 38.3. The van der Waals surface area contributed by atoms with E-state index in [2.05, 4.69) is 14.9 Å². The summed E-state index contributed by atoms with van der Waals surface area (Å²) >= 11 is 1.28. The molecule has 0 bridgehead atoms. The Morgan fingerprint density at radius 1 is 1.19 bits per heavy atom. The van der Waals surface area contributed by atoms with E-state index in [1.54, 1.807) is 19.2 Å². The Morgan fingerprint density at radius 2 is 2.00 bits per heavy atom. The number of nitrogens with zero attached hydrogens (tertiary/aromatic N) is 2. The lowest BCUT2D eigenvalue weighted by Crippen LogP contribution is -2.25. The Labute approximate surface area is 156 Å². The third-order valence-corrected chi connectivity index (χ3v) is 6.87. The first-order chi connectivity index (χ1) is 12.5. The second kappa shape index (κ2) is 7.98. The summed E-state index contributed by atoms with van der Waals surface area (Å²) in [6.45, 7) is 2.17. The average Bonchev–Trinajstić information content (AvgIpc) is 3.31. The maximum atomic E-state index is 12.3. The molecule has 3 rings (SSSR count). The van der Waals surface area contributed by atoms with Crippen LogP contribution in [-0.2, 0) is 22.9 Å². The Kier molecular flexibility index (Phi) is 5.70. The van der Waals surface area contributed by atoms with E-state index < -0.39 is 10.0 Å². The molecule has 0 radical (unpaired) electrons. The zero-order valence-electron chi connectivity index (χ0n) is 14.4. The number of aryl methyl sites for hydroxylation is 1. The van der Waals surface area contributed by atoms with Crippen LogP contribution >= 0.6 is 11.3 Å². The van der Waals surface area contributed by atoms with Gasteiger partial charge in [0, 0.05) is 17.8 Å². The van der Waals surface area contributed by atoms with E-state index in [0.29, 0.717) is 33.7 Å². The van der Waals surface area contributed by atoms with Crippen molar-refractivity contribution in [1.82, 2.24) is 14.9 Å². The summed E-state index contributed by atoms with van der Waals surface area (Å²) in [6.07, 6.45) is 1.11. The van der Waals surface area contributed by atoms with Crippen LogP contribution in [0.2, 0.25) is 0 Å². The first-order valence-electron chi connectivity index (χ1n) is 8.07. The Bertz CT molecular complexity index is 979. The summed E-state index contributed by atoms with van der Waals surface area (Å²) in [6, 6.07) is 10.8. The number of para-hydroxylation sites is 1. The van der Waals surface area contributed by atoms with Gasteiger partial charge in [-0.3, -0.25) is 0 Å². The monoisotopic (exact) mass is 393 g/mol. The highest BCUT2D eigenvalue weighted by Gasteiger charge is 2.17. The molecule has 0 unspecified atom stereocenters. The molecular weight excluding hydrogens is 374 g/mol. The summed E-state index contributed by atoms with van der Waals surface area (Å²) in [5.41, 5.74) is 0.694. The van der Waals surface area contributed by atoms with E-state index in [0.717, 1.165) is 11.3 Å². The minimum absolute atomic E-state index is 0.176. The number of thiophene rings is 1. The highest BCUT2D eigenvalue weighted by molar-refractivity contribution is 7.91. The number of ether oxygens (including phenoxy) is 1. The van der Waals surface area contributed by atoms with Gasteiger partial charge in [-0.05, 0) is 30.7 Å². The van der Waals surface area contributed by atoms with Gasteiger partial charge in [-0.25, -0.2) is 13.1 Å². The highest BCUT2D eigenvalue weighted by atomic mass is 32.2. The number of hydrogen-bond acceptors (Lipinski definition) is 7. The SMILES string of the molecule is CCc1ccc(S(=O)(=O)NCCc2nnc(-c3ccccc3OC)o2)s1. The molecule has 0 saturated carbocycles. The van der Waals surface area contributed by atoms with Gasteiger partial charge in [-0.15, -0.1) is 21.5 Å². The molecule has 2 aromatic heterocycles. The van der Waals surface area contributed by atoms with Gasteiger partial charge in [0.25, 0.3) is 5.89 Å². The van der Waals surface area contributed by atoms with E-state index in [1.807, 2.05) is 31.2 Å². The van der Waals surface area contributed by atoms with E-state index in [-0.39, 0.29) is 6.54 Å². The molecule has 0 aliphatic rings. The zero-order valence-corrected chi connectivity index (χ0v) is 16.1. The number of benzene rings is 1. The second-order valence-electron chi connectivity index (χ2n) is 5.42. The van der Waals surface area contributed by atoms with Crippen LogP contribution in [0.15, 0.2) is 45.0 Å². The number of sulfonamides is 1. The minimum atomic E-state index is -3.52. The quantitative estimate of drug-likeness (QED) is 0.632. The summed E-state index contributed by atoms with van der Waals surface area (Å²) in [5.74, 6) is 1.33. The van der Waals surface area contributed by atoms with Gasteiger partial charge in [0.1, 0.15) is 9.96 Å². The van der Waals surface area contributed by atoms with Crippen LogP contribution in [0, 0.1) is 0 Å². The fourth-order valence-corrected chi connectivity index (χ4v) is 4.71. The third kappa shape index (κ3) is 4.12. The van der Waals surface area contributed by atoms with Gasteiger partial charge in [-0.2, -0.15) is 0 Å². The van der Waals surface area contributed by atoms with Gasteiger partial charge in [0.05, 0.1) is 12.7 Å². The molecule has 1 aromatic carbocycles. The van der Waals surface area contributed by atoms with Crippen molar-refractivity contribution < 1.29 is 17.6 Å². The fourth-order valence-electron chi connectivity index (χ4n) is 2.34. The van der Waals surface area contributed by atoms with E-state index in [9.17, 15) is 8.42 Å². The average molecular weight is 393 g/mol. The molecule has 3 aromatic rings. The standard InChI is InChI=1S/C17H19N3O4S2/c1-3-12-8-9-16(25-12)26(21,22)18-11-10-15-19-20-17(24-15)13-6-4-5-7-14(13)23-2/h4-9,18H,3,10-11H2,1-2H3. The van der Waals surface area contributed by atoms with E-state index in [1.165, 1.54) is 11.3 Å². The minimum Gasteiger partial charge on any atom is -0.496 e. The van der Waals surface area contributed by atoms with Crippen LogP contribution < -0.4 is 9.46 Å². The van der Waals surface area contributed by atoms with Crippen molar-refractivity contribution in [2.75, 3.05) is 13.7 Å². The van der Waals surface area contributed by atoms with Crippen LogP contribution in [0.5, 0.6) is 5.75 Å². The van der Waals surface area contributed by atoms with Crippen molar-refractivity contribution in [2.24, 2.45) is 0 Å². The van der Waals surface area contributed by atoms with Crippen molar-refractivity contribution in [2.45, 2.75) is 24.0 Å². The molecule has 0 amide bonds. The molecule has 138 valence electrons. The van der Waals surface area contributed by atoms with Gasteiger partial charge >= 0.3 is 0 Å². The van der Waals surface area contributed by atoms with Crippen molar-refractivity contribution in [1.29, 1.82) is 0 Å². The number of methoxy groups -OCH3 is 1. The predicted octanol–water partition coefficient (Wildman–Crippen LogP) is 2.89. The summed E-state index contributed by atoms with van der Waals surface area (Å²) in [5, 5.41) is 7.98. The number of aromatic nitrogens is 2. The van der Waals surface area contributed by atoms with Crippen LogP contribution in [0.4, 0.5) is 0 Å². The maximum Gasteiger partial charge on any atom is 0.251 e. The molecule has 0 saturated heterocycles. The lowest BCUT2D eigenvalue weighted by atomic mass is 10.2. The molecule has 1 N–H and O–H groups in total. The molecule has 0 spiro atoms. The third-order valence-electron chi connectivity index (χ3n) is 3.69. The molecular formula is C17H19N3O4S2. The molecule has 26 heavy (non-hydrogen) atoms. The fraction of sp³-hybridized carbons (Fsp3) is 0.294. The first-order valence-corrected chi connectivity index (χ1v) is 10.4. The molecule has 7 nitrogen and oxygen atoms in total. The van der Waals surface area contributed by atoms with E-state index in [4.69, 9.17) is 9.15 Å². The van der Waals surface area contributed by atoms with Gasteiger partial charge in [-0.1, -0.05) is 19.1 Å². The van der Waals surface area contributed by atoms with Crippen LogP contribution in [-0.4, -0.2) is 32.3 Å². The van der Waals surface area contributed by atoms with Gasteiger partial charge in [0.2, 0.25) is 15.9 Å². The largest absolute Gasteiger partial charge is 0.496 e. The number of rotatable bonds is 8.